The number of hydrogen-bond donors (Lipinski definition) is 1. The lowest BCUT2D eigenvalue weighted by atomic mass is 10.1. The number of rotatable bonds is 4. The zero-order valence-corrected chi connectivity index (χ0v) is 14.3. The van der Waals surface area contributed by atoms with Crippen LogP contribution in [0.15, 0.2) is 69.7 Å². The highest BCUT2D eigenvalue weighted by Crippen LogP contribution is 2.25. The summed E-state index contributed by atoms with van der Waals surface area (Å²) >= 11 is 0. The number of hydrogen-bond acceptors (Lipinski definition) is 5. The van der Waals surface area contributed by atoms with Gasteiger partial charge in [0, 0.05) is 11.1 Å². The van der Waals surface area contributed by atoms with Crippen LogP contribution < -0.4 is 5.32 Å². The molecular weight excluding hydrogens is 349 g/mol. The van der Waals surface area contributed by atoms with Crippen molar-refractivity contribution in [1.29, 1.82) is 0 Å². The Bertz CT molecular complexity index is 1100. The van der Waals surface area contributed by atoms with Gasteiger partial charge < -0.3 is 14.2 Å². The van der Waals surface area contributed by atoms with Crippen LogP contribution in [0.25, 0.3) is 23.1 Å². The van der Waals surface area contributed by atoms with Crippen LogP contribution in [0, 0.1) is 12.7 Å². The Labute approximate surface area is 153 Å². The van der Waals surface area contributed by atoms with Crippen LogP contribution in [-0.4, -0.2) is 16.1 Å². The highest BCUT2D eigenvalue weighted by atomic mass is 19.1. The molecule has 1 amide bonds. The van der Waals surface area contributed by atoms with Gasteiger partial charge in [0.25, 0.3) is 11.8 Å². The van der Waals surface area contributed by atoms with E-state index < -0.39 is 11.7 Å². The summed E-state index contributed by atoms with van der Waals surface area (Å²) in [6.45, 7) is 1.82. The molecule has 0 saturated heterocycles. The van der Waals surface area contributed by atoms with Gasteiger partial charge in [-0.3, -0.25) is 4.79 Å². The number of nitrogens with one attached hydrogen (secondary N) is 1. The highest BCUT2D eigenvalue weighted by Gasteiger charge is 2.15. The minimum atomic E-state index is -0.495. The number of anilines is 1. The molecule has 0 spiro atoms. The molecule has 0 aliphatic rings. The summed E-state index contributed by atoms with van der Waals surface area (Å²) in [6.07, 6.45) is 1.51. The molecule has 0 atom stereocenters. The van der Waals surface area contributed by atoms with Crippen LogP contribution in [-0.2, 0) is 0 Å². The summed E-state index contributed by atoms with van der Waals surface area (Å²) in [5.74, 6) is 0.0132. The van der Waals surface area contributed by atoms with Gasteiger partial charge in [-0.05, 0) is 55.0 Å². The zero-order chi connectivity index (χ0) is 18.8. The molecule has 2 aromatic heterocycles. The number of carbonyl (C=O) groups excluding carboxylic acids is 1. The van der Waals surface area contributed by atoms with Gasteiger partial charge in [0.1, 0.15) is 5.82 Å². The fraction of sp³-hybridized carbons (Fsp3) is 0.0500. The van der Waals surface area contributed by atoms with E-state index in [9.17, 15) is 9.18 Å². The normalized spacial score (nSPS) is 10.7. The minimum absolute atomic E-state index is 0.128. The second-order valence-corrected chi connectivity index (χ2v) is 5.91. The van der Waals surface area contributed by atoms with Crippen LogP contribution in [0.1, 0.15) is 15.9 Å². The van der Waals surface area contributed by atoms with E-state index in [4.69, 9.17) is 8.83 Å². The van der Waals surface area contributed by atoms with Crippen LogP contribution in [0.4, 0.5) is 10.1 Å². The molecule has 6 nitrogen and oxygen atoms in total. The van der Waals surface area contributed by atoms with Gasteiger partial charge in [0.2, 0.25) is 5.89 Å². The molecule has 134 valence electrons. The summed E-state index contributed by atoms with van der Waals surface area (Å²) in [7, 11) is 0. The lowest BCUT2D eigenvalue weighted by Crippen LogP contribution is -2.13. The maximum Gasteiger partial charge on any atom is 0.283 e. The first-order valence-corrected chi connectivity index (χ1v) is 8.15. The predicted octanol–water partition coefficient (Wildman–Crippen LogP) is 4.70. The van der Waals surface area contributed by atoms with Crippen molar-refractivity contribution in [3.05, 3.63) is 77.8 Å². The fourth-order valence-corrected chi connectivity index (χ4v) is 2.56. The Kier molecular flexibility index (Phi) is 4.25. The molecule has 0 saturated carbocycles. The number of nitrogens with zero attached hydrogens (tertiary/aromatic N) is 2. The SMILES string of the molecule is Cc1ccc(F)c(NC(=O)c2cccc(-c3nnc(-c4ccco4)o3)c2)c1. The smallest absolute Gasteiger partial charge is 0.283 e. The summed E-state index contributed by atoms with van der Waals surface area (Å²) in [4.78, 5) is 12.5. The van der Waals surface area contributed by atoms with Crippen molar-refractivity contribution >= 4 is 11.6 Å². The van der Waals surface area contributed by atoms with Crippen molar-refractivity contribution in [1.82, 2.24) is 10.2 Å². The maximum atomic E-state index is 13.9. The third kappa shape index (κ3) is 3.48. The molecule has 4 aromatic rings. The number of carbonyl (C=O) groups is 1. The summed E-state index contributed by atoms with van der Waals surface area (Å²) in [6, 6.07) is 14.6. The Morgan fingerprint density at radius 3 is 2.70 bits per heavy atom. The number of aryl methyl sites for hydroxylation is 1. The van der Waals surface area contributed by atoms with E-state index in [2.05, 4.69) is 15.5 Å². The number of amides is 1. The molecule has 0 radical (unpaired) electrons. The zero-order valence-electron chi connectivity index (χ0n) is 14.3. The lowest BCUT2D eigenvalue weighted by molar-refractivity contribution is 0.102. The second kappa shape index (κ2) is 6.87. The highest BCUT2D eigenvalue weighted by molar-refractivity contribution is 6.04. The molecule has 7 heteroatoms. The molecule has 0 fully saturated rings. The Balaban J connectivity index is 1.59. The van der Waals surface area contributed by atoms with E-state index >= 15 is 0 Å². The fourth-order valence-electron chi connectivity index (χ4n) is 2.56. The molecule has 27 heavy (non-hydrogen) atoms. The van der Waals surface area contributed by atoms with Gasteiger partial charge >= 0.3 is 0 Å². The lowest BCUT2D eigenvalue weighted by Gasteiger charge is -2.08. The van der Waals surface area contributed by atoms with Crippen LogP contribution in [0.3, 0.4) is 0 Å². The quantitative estimate of drug-likeness (QED) is 0.568. The molecule has 4 rings (SSSR count). The van der Waals surface area contributed by atoms with Crippen molar-refractivity contribution in [3.8, 4) is 23.1 Å². The van der Waals surface area contributed by atoms with Crippen LogP contribution in [0.2, 0.25) is 0 Å². The maximum absolute atomic E-state index is 13.9. The first-order chi connectivity index (χ1) is 13.1. The van der Waals surface area contributed by atoms with E-state index in [1.807, 2.05) is 6.92 Å². The summed E-state index contributed by atoms with van der Waals surface area (Å²) < 4.78 is 24.7. The summed E-state index contributed by atoms with van der Waals surface area (Å²) in [5.41, 5.74) is 1.88. The van der Waals surface area contributed by atoms with Gasteiger partial charge in [0.15, 0.2) is 5.76 Å². The van der Waals surface area contributed by atoms with Crippen molar-refractivity contribution in [2.24, 2.45) is 0 Å². The van der Waals surface area contributed by atoms with E-state index in [1.165, 1.54) is 12.3 Å². The molecular formula is C20H14FN3O3. The number of furan rings is 1. The van der Waals surface area contributed by atoms with E-state index in [0.29, 0.717) is 16.9 Å². The van der Waals surface area contributed by atoms with Crippen molar-refractivity contribution in [2.45, 2.75) is 6.92 Å². The van der Waals surface area contributed by atoms with Gasteiger partial charge in [-0.2, -0.15) is 0 Å². The van der Waals surface area contributed by atoms with Gasteiger partial charge in [-0.1, -0.05) is 12.1 Å². The first-order valence-electron chi connectivity index (χ1n) is 8.15. The largest absolute Gasteiger partial charge is 0.459 e. The van der Waals surface area contributed by atoms with E-state index in [1.54, 1.807) is 48.5 Å². The second-order valence-electron chi connectivity index (χ2n) is 5.91. The Morgan fingerprint density at radius 2 is 1.89 bits per heavy atom. The van der Waals surface area contributed by atoms with Gasteiger partial charge in [-0.25, -0.2) is 4.39 Å². The Morgan fingerprint density at radius 1 is 1.04 bits per heavy atom. The molecule has 0 unspecified atom stereocenters. The van der Waals surface area contributed by atoms with Crippen LogP contribution in [0.5, 0.6) is 0 Å². The number of halogens is 1. The monoisotopic (exact) mass is 363 g/mol. The van der Waals surface area contributed by atoms with Crippen molar-refractivity contribution < 1.29 is 18.0 Å². The molecule has 0 aliphatic heterocycles. The van der Waals surface area contributed by atoms with E-state index in [0.717, 1.165) is 5.56 Å². The Hall–Kier alpha value is -3.74. The standard InChI is InChI=1S/C20H14FN3O3/c1-12-7-8-15(21)16(10-12)22-18(25)13-4-2-5-14(11-13)19-23-24-20(27-19)17-6-3-9-26-17/h2-11H,1H3,(H,22,25). The van der Waals surface area contributed by atoms with E-state index in [-0.39, 0.29) is 17.5 Å². The summed E-state index contributed by atoms with van der Waals surface area (Å²) in [5, 5.41) is 10.5. The minimum Gasteiger partial charge on any atom is -0.459 e. The third-order valence-corrected chi connectivity index (χ3v) is 3.90. The molecule has 0 bridgehead atoms. The molecule has 1 N–H and O–H groups in total. The topological polar surface area (TPSA) is 81.2 Å². The van der Waals surface area contributed by atoms with Crippen LogP contribution >= 0.6 is 0 Å². The number of aromatic nitrogens is 2. The van der Waals surface area contributed by atoms with Crippen molar-refractivity contribution in [2.75, 3.05) is 5.32 Å². The third-order valence-electron chi connectivity index (χ3n) is 3.90. The predicted molar refractivity (Wildman–Crippen MR) is 96.5 cm³/mol. The first kappa shape index (κ1) is 16.7. The van der Waals surface area contributed by atoms with Crippen molar-refractivity contribution in [3.63, 3.8) is 0 Å². The number of benzene rings is 2. The molecule has 2 aromatic carbocycles. The van der Waals surface area contributed by atoms with Gasteiger partial charge in [0.05, 0.1) is 12.0 Å². The molecule has 0 aliphatic carbocycles. The van der Waals surface area contributed by atoms with Gasteiger partial charge in [-0.15, -0.1) is 10.2 Å². The molecule has 2 heterocycles. The average molecular weight is 363 g/mol. The average Bonchev–Trinajstić information content (AvgIpc) is 3.36.